The van der Waals surface area contributed by atoms with E-state index in [0.717, 1.165) is 30.6 Å². The Morgan fingerprint density at radius 1 is 1.00 bits per heavy atom. The molecule has 2 heterocycles. The first kappa shape index (κ1) is 34.2. The number of pyridine rings is 1. The molecule has 1 saturated heterocycles. The number of ether oxygens (including phenoxy) is 5. The van der Waals surface area contributed by atoms with Crippen LogP contribution in [0.15, 0.2) is 72.8 Å². The Balaban J connectivity index is 1.29. The summed E-state index contributed by atoms with van der Waals surface area (Å²) in [7, 11) is 3.29. The quantitative estimate of drug-likeness (QED) is 0.159. The van der Waals surface area contributed by atoms with E-state index in [1.54, 1.807) is 24.3 Å². The smallest absolute Gasteiger partial charge is 0.308 e. The molecule has 2 saturated carbocycles. The summed E-state index contributed by atoms with van der Waals surface area (Å²) < 4.78 is 62.9. The van der Waals surface area contributed by atoms with Gasteiger partial charge in [-0.1, -0.05) is 48.5 Å². The van der Waals surface area contributed by atoms with Crippen LogP contribution in [0.2, 0.25) is 0 Å². The van der Waals surface area contributed by atoms with Crippen molar-refractivity contribution in [2.75, 3.05) is 27.2 Å². The molecule has 4 unspecified atom stereocenters. The van der Waals surface area contributed by atoms with Gasteiger partial charge in [0.1, 0.15) is 18.0 Å². The first-order valence-corrected chi connectivity index (χ1v) is 17.0. The normalized spacial score (nSPS) is 22.6. The number of esters is 1. The second kappa shape index (κ2) is 14.5. The maximum Gasteiger partial charge on any atom is 0.308 e. The Morgan fingerprint density at radius 2 is 1.75 bits per heavy atom. The largest absolute Gasteiger partial charge is 0.485 e. The van der Waals surface area contributed by atoms with Crippen molar-refractivity contribution in [1.29, 1.82) is 5.26 Å². The number of nitrogens with zero attached hydrogens (tertiary/aromatic N) is 3. The third-order valence-electron chi connectivity index (χ3n) is 9.92. The molecule has 1 N–H and O–H groups in total. The van der Waals surface area contributed by atoms with Crippen molar-refractivity contribution in [1.82, 2.24) is 15.2 Å². The van der Waals surface area contributed by atoms with E-state index in [1.807, 2.05) is 49.5 Å². The van der Waals surface area contributed by atoms with E-state index in [1.165, 1.54) is 13.2 Å². The number of carbonyl (C=O) groups is 1. The van der Waals surface area contributed by atoms with Gasteiger partial charge < -0.3 is 23.7 Å². The predicted molar refractivity (Wildman–Crippen MR) is 181 cm³/mol. The molecule has 0 amide bonds. The minimum Gasteiger partial charge on any atom is -0.485 e. The monoisotopic (exact) mass is 696 g/mol. The molecular weight excluding hydrogens is 658 g/mol. The van der Waals surface area contributed by atoms with Gasteiger partial charge in [-0.25, -0.2) is 0 Å². The highest BCUT2D eigenvalue weighted by Crippen LogP contribution is 2.52. The fraction of sp³-hybridized carbons (Fsp3) is 0.359. The lowest BCUT2D eigenvalue weighted by atomic mass is 9.78. The van der Waals surface area contributed by atoms with E-state index in [0.29, 0.717) is 25.0 Å². The van der Waals surface area contributed by atoms with Gasteiger partial charge in [0, 0.05) is 31.1 Å². The van der Waals surface area contributed by atoms with Crippen molar-refractivity contribution < 1.29 is 37.3 Å². The molecule has 4 atom stereocenters. The number of aromatic nitrogens is 1. The van der Waals surface area contributed by atoms with Gasteiger partial charge in [0.15, 0.2) is 11.5 Å². The van der Waals surface area contributed by atoms with Gasteiger partial charge in [0.05, 0.1) is 30.8 Å². The summed E-state index contributed by atoms with van der Waals surface area (Å²) in [5, 5.41) is 13.1. The van der Waals surface area contributed by atoms with Gasteiger partial charge in [0.2, 0.25) is 17.4 Å². The predicted octanol–water partition coefficient (Wildman–Crippen LogP) is 7.43. The maximum absolute atomic E-state index is 16.7. The van der Waals surface area contributed by atoms with E-state index >= 15 is 8.78 Å². The summed E-state index contributed by atoms with van der Waals surface area (Å²) in [6, 6.07) is 23.1. The van der Waals surface area contributed by atoms with Crippen LogP contribution >= 0.6 is 0 Å². The molecule has 7 rings (SSSR count). The van der Waals surface area contributed by atoms with Gasteiger partial charge in [-0.05, 0) is 62.4 Å². The number of likely N-dealkylation sites (N-methyl/N-ethyl adjacent to an activating group) is 1. The molecule has 1 aromatic heterocycles. The number of hydrogen-bond donors (Lipinski definition) is 1. The minimum atomic E-state index is -1.19. The van der Waals surface area contributed by atoms with Crippen molar-refractivity contribution in [2.45, 2.75) is 50.5 Å². The second-order valence-corrected chi connectivity index (χ2v) is 13.4. The number of nitrogens with one attached hydrogen (secondary N) is 1. The summed E-state index contributed by atoms with van der Waals surface area (Å²) in [6.07, 6.45) is 2.44. The van der Waals surface area contributed by atoms with Crippen molar-refractivity contribution in [3.8, 4) is 40.8 Å². The van der Waals surface area contributed by atoms with Crippen LogP contribution < -0.4 is 24.3 Å². The Bertz CT molecular complexity index is 1960. The van der Waals surface area contributed by atoms with Gasteiger partial charge in [-0.2, -0.15) is 19.0 Å². The fourth-order valence-corrected chi connectivity index (χ4v) is 7.45. The number of halogens is 2. The third-order valence-corrected chi connectivity index (χ3v) is 9.92. The first-order valence-electron chi connectivity index (χ1n) is 17.0. The molecule has 12 heteroatoms. The van der Waals surface area contributed by atoms with Crippen LogP contribution in [0.1, 0.15) is 55.0 Å². The van der Waals surface area contributed by atoms with Crippen molar-refractivity contribution in [3.05, 3.63) is 101 Å². The van der Waals surface area contributed by atoms with E-state index < -0.39 is 40.7 Å². The first-order chi connectivity index (χ1) is 24.8. The molecule has 4 aromatic rings. The van der Waals surface area contributed by atoms with Gasteiger partial charge in [0.25, 0.3) is 11.8 Å². The highest BCUT2D eigenvalue weighted by molar-refractivity contribution is 5.72. The number of benzene rings is 3. The fourth-order valence-electron chi connectivity index (χ4n) is 7.45. The van der Waals surface area contributed by atoms with E-state index in [9.17, 15) is 10.1 Å². The number of fused-ring (bicyclic) bond motifs is 2. The molecule has 10 nitrogen and oxygen atoms in total. The maximum atomic E-state index is 16.7. The molecule has 2 bridgehead atoms. The highest BCUT2D eigenvalue weighted by Gasteiger charge is 2.51. The third kappa shape index (κ3) is 7.18. The van der Waals surface area contributed by atoms with Crippen molar-refractivity contribution in [3.63, 3.8) is 0 Å². The summed E-state index contributed by atoms with van der Waals surface area (Å²) >= 11 is 0. The molecule has 3 aliphatic rings. The molecule has 2 aliphatic carbocycles. The number of para-hydroxylation sites is 1. The van der Waals surface area contributed by atoms with Gasteiger partial charge in [-0.15, -0.1) is 0 Å². The summed E-state index contributed by atoms with van der Waals surface area (Å²) in [4.78, 5) is 18.9. The molecular formula is C39H38F2N4O6. The molecule has 3 fully saturated rings. The molecule has 51 heavy (non-hydrogen) atoms. The lowest BCUT2D eigenvalue weighted by Crippen LogP contribution is -2.41. The number of methoxy groups -OCH3 is 1. The van der Waals surface area contributed by atoms with Crippen LogP contribution in [0.25, 0.3) is 0 Å². The van der Waals surface area contributed by atoms with Crippen LogP contribution in [0, 0.1) is 34.8 Å². The van der Waals surface area contributed by atoms with E-state index in [2.05, 4.69) is 21.3 Å². The van der Waals surface area contributed by atoms with Crippen LogP contribution in [-0.4, -0.2) is 48.7 Å². The molecule has 264 valence electrons. The Labute approximate surface area is 294 Å². The number of nitriles is 1. The number of carbonyl (C=O) groups excluding carboxylic acids is 1. The molecule has 3 aromatic carbocycles. The van der Waals surface area contributed by atoms with E-state index in [4.69, 9.17) is 23.7 Å². The SMILES string of the molecule is COC(=O)C1CC2CCC(Oc3c(F)c(Oc4cc(C#N)ccc4OCc4ccccc4)nc(Oc4ccccc4C4NCCN4C)c3F)(C2)C1. The zero-order chi connectivity index (χ0) is 35.5. The zero-order valence-electron chi connectivity index (χ0n) is 28.4. The molecule has 0 radical (unpaired) electrons. The molecule has 1 aliphatic heterocycles. The van der Waals surface area contributed by atoms with E-state index in [-0.39, 0.29) is 48.1 Å². The standard InChI is InChI=1S/C39H38F2N4O6/c1-45-17-16-43-35(45)28-10-6-7-11-29(28)49-36-32(40)34(51-39-15-14-25(20-39)18-27(21-39)38(46)47-2)33(41)37(44-36)50-31-19-26(22-42)12-13-30(31)48-23-24-8-4-3-5-9-24/h3-13,19,25,27,35,43H,14-18,20-21,23H2,1-2H3. The Kier molecular flexibility index (Phi) is 9.75. The summed E-state index contributed by atoms with van der Waals surface area (Å²) in [5.41, 5.74) is 0.815. The second-order valence-electron chi connectivity index (χ2n) is 13.4. The lowest BCUT2D eigenvalue weighted by Gasteiger charge is -2.37. The molecule has 0 spiro atoms. The van der Waals surface area contributed by atoms with Crippen LogP contribution in [-0.2, 0) is 16.1 Å². The average molecular weight is 697 g/mol. The van der Waals surface area contributed by atoms with Crippen molar-refractivity contribution >= 4 is 5.97 Å². The van der Waals surface area contributed by atoms with Crippen LogP contribution in [0.3, 0.4) is 0 Å². The summed E-state index contributed by atoms with van der Waals surface area (Å²) in [6.45, 7) is 1.71. The number of hydrogen-bond acceptors (Lipinski definition) is 10. The topological polar surface area (TPSA) is 115 Å². The van der Waals surface area contributed by atoms with Gasteiger partial charge >= 0.3 is 5.97 Å². The average Bonchev–Trinajstić information content (AvgIpc) is 3.72. The van der Waals surface area contributed by atoms with Gasteiger partial charge in [-0.3, -0.25) is 15.0 Å². The van der Waals surface area contributed by atoms with Crippen LogP contribution in [0.4, 0.5) is 8.78 Å². The van der Waals surface area contributed by atoms with Crippen LogP contribution in [0.5, 0.6) is 34.8 Å². The zero-order valence-corrected chi connectivity index (χ0v) is 28.4. The Hall–Kier alpha value is -5.25. The minimum absolute atomic E-state index is 0.0143. The summed E-state index contributed by atoms with van der Waals surface area (Å²) in [5.74, 6) is -4.46. The lowest BCUT2D eigenvalue weighted by molar-refractivity contribution is -0.149. The number of rotatable bonds is 11. The van der Waals surface area contributed by atoms with Crippen molar-refractivity contribution in [2.24, 2.45) is 11.8 Å². The Morgan fingerprint density at radius 3 is 2.47 bits per heavy atom. The highest BCUT2D eigenvalue weighted by atomic mass is 19.1.